The quantitative estimate of drug-likeness (QED) is 0.464. The molecule has 0 radical (unpaired) electrons. The van der Waals surface area contributed by atoms with Crippen LogP contribution in [0.25, 0.3) is 11.3 Å². The number of nitrogens with one attached hydrogen (secondary N) is 2. The molecule has 0 saturated carbocycles. The van der Waals surface area contributed by atoms with Crippen molar-refractivity contribution in [3.8, 4) is 17.3 Å². The number of H-pyrrole nitrogens is 1. The first-order valence-corrected chi connectivity index (χ1v) is 11.5. The molecule has 2 atom stereocenters. The lowest BCUT2D eigenvalue weighted by Crippen LogP contribution is -2.41. The van der Waals surface area contributed by atoms with Gasteiger partial charge in [-0.15, -0.1) is 0 Å². The molecule has 1 fully saturated rings. The van der Waals surface area contributed by atoms with Crippen LogP contribution in [0.2, 0.25) is 0 Å². The molecule has 1 aliphatic heterocycles. The number of aromatic amines is 1. The number of hydrogen-bond acceptors (Lipinski definition) is 4. The van der Waals surface area contributed by atoms with Crippen LogP contribution in [0.15, 0.2) is 60.8 Å². The second kappa shape index (κ2) is 10.5. The van der Waals surface area contributed by atoms with Crippen molar-refractivity contribution in [2.24, 2.45) is 5.92 Å². The summed E-state index contributed by atoms with van der Waals surface area (Å²) in [6.45, 7) is 5.32. The van der Waals surface area contributed by atoms with Gasteiger partial charge in [-0.2, -0.15) is 5.26 Å². The van der Waals surface area contributed by atoms with Crippen molar-refractivity contribution in [1.82, 2.24) is 9.88 Å². The zero-order valence-electron chi connectivity index (χ0n) is 18.7. The Labute approximate surface area is 190 Å². The predicted octanol–water partition coefficient (Wildman–Crippen LogP) is 5.15. The number of nitriles is 1. The molecule has 3 N–H and O–H groups in total. The van der Waals surface area contributed by atoms with Crippen LogP contribution in [-0.4, -0.2) is 34.2 Å². The Morgan fingerprint density at radius 3 is 2.69 bits per heavy atom. The molecule has 32 heavy (non-hydrogen) atoms. The highest BCUT2D eigenvalue weighted by molar-refractivity contribution is 5.68. The number of likely N-dealkylation sites (tertiary alicyclic amines) is 1. The Balaban J connectivity index is 1.38. The molecule has 1 aliphatic rings. The van der Waals surface area contributed by atoms with Crippen molar-refractivity contribution in [3.05, 3.63) is 77.5 Å². The Bertz CT molecular complexity index is 1040. The molecular formula is C27H32N4O. The van der Waals surface area contributed by atoms with Crippen LogP contribution in [-0.2, 0) is 13.1 Å². The zero-order valence-corrected chi connectivity index (χ0v) is 18.7. The number of anilines is 1. The highest BCUT2D eigenvalue weighted by Crippen LogP contribution is 2.27. The first-order chi connectivity index (χ1) is 15.6. The molecule has 166 valence electrons. The van der Waals surface area contributed by atoms with Crippen molar-refractivity contribution < 1.29 is 5.11 Å². The Kier molecular flexibility index (Phi) is 7.26. The van der Waals surface area contributed by atoms with Crippen LogP contribution < -0.4 is 5.32 Å². The van der Waals surface area contributed by atoms with Crippen molar-refractivity contribution in [1.29, 1.82) is 5.26 Å². The van der Waals surface area contributed by atoms with Gasteiger partial charge in [-0.3, -0.25) is 4.90 Å². The average molecular weight is 429 g/mol. The summed E-state index contributed by atoms with van der Waals surface area (Å²) in [5.41, 5.74) is 6.10. The van der Waals surface area contributed by atoms with Crippen molar-refractivity contribution in [3.63, 3.8) is 0 Å². The highest BCUT2D eigenvalue weighted by atomic mass is 16.3. The van der Waals surface area contributed by atoms with Crippen LogP contribution in [0.1, 0.15) is 42.9 Å². The Hall–Kier alpha value is -3.07. The van der Waals surface area contributed by atoms with Gasteiger partial charge in [0.1, 0.15) is 0 Å². The fourth-order valence-electron chi connectivity index (χ4n) is 4.62. The van der Waals surface area contributed by atoms with E-state index in [9.17, 15) is 10.4 Å². The second-order valence-corrected chi connectivity index (χ2v) is 8.93. The fraction of sp³-hybridized carbons (Fsp3) is 0.370. The zero-order chi connectivity index (χ0) is 22.3. The van der Waals surface area contributed by atoms with E-state index >= 15 is 0 Å². The van der Waals surface area contributed by atoms with Crippen molar-refractivity contribution in [2.45, 2.75) is 45.3 Å². The summed E-state index contributed by atoms with van der Waals surface area (Å²) >= 11 is 0. The molecule has 2 unspecified atom stereocenters. The third-order valence-corrected chi connectivity index (χ3v) is 6.44. The van der Waals surface area contributed by atoms with Crippen LogP contribution in [0.3, 0.4) is 0 Å². The van der Waals surface area contributed by atoms with Gasteiger partial charge in [0.25, 0.3) is 0 Å². The summed E-state index contributed by atoms with van der Waals surface area (Å²) < 4.78 is 0. The van der Waals surface area contributed by atoms with E-state index in [4.69, 9.17) is 0 Å². The van der Waals surface area contributed by atoms with Gasteiger partial charge in [0.15, 0.2) is 0 Å². The van der Waals surface area contributed by atoms with Gasteiger partial charge in [-0.1, -0.05) is 31.2 Å². The predicted molar refractivity (Wildman–Crippen MR) is 129 cm³/mol. The molecule has 0 aliphatic carbocycles. The van der Waals surface area contributed by atoms with Crippen LogP contribution in [0, 0.1) is 17.2 Å². The van der Waals surface area contributed by atoms with E-state index < -0.39 is 0 Å². The average Bonchev–Trinajstić information content (AvgIpc) is 3.35. The van der Waals surface area contributed by atoms with E-state index in [1.165, 1.54) is 24.0 Å². The smallest absolute Gasteiger partial charge is 0.0992 e. The molecule has 2 aromatic carbocycles. The lowest BCUT2D eigenvalue weighted by Gasteiger charge is -2.38. The number of benzene rings is 2. The Morgan fingerprint density at radius 1 is 1.16 bits per heavy atom. The molecule has 0 amide bonds. The minimum absolute atomic E-state index is 0.261. The summed E-state index contributed by atoms with van der Waals surface area (Å²) in [5.74, 6) is 0.744. The number of aliphatic hydroxyl groups is 1. The highest BCUT2D eigenvalue weighted by Gasteiger charge is 2.25. The summed E-state index contributed by atoms with van der Waals surface area (Å²) in [7, 11) is 0. The minimum Gasteiger partial charge on any atom is -0.396 e. The summed E-state index contributed by atoms with van der Waals surface area (Å²) in [6.07, 6.45) is 5.16. The maximum atomic E-state index is 9.43. The molecule has 0 spiro atoms. The first kappa shape index (κ1) is 22.1. The maximum Gasteiger partial charge on any atom is 0.0992 e. The second-order valence-electron chi connectivity index (χ2n) is 8.93. The number of nitrogens with zero attached hydrogens (tertiary/aromatic N) is 2. The molecule has 1 aromatic heterocycles. The van der Waals surface area contributed by atoms with E-state index in [-0.39, 0.29) is 6.61 Å². The van der Waals surface area contributed by atoms with E-state index in [0.717, 1.165) is 42.4 Å². The fourth-order valence-corrected chi connectivity index (χ4v) is 4.62. The molecule has 4 rings (SSSR count). The number of aromatic nitrogens is 1. The van der Waals surface area contributed by atoms with Gasteiger partial charge in [0.2, 0.25) is 0 Å². The van der Waals surface area contributed by atoms with Gasteiger partial charge >= 0.3 is 0 Å². The SMILES string of the molecule is CC1CCN(Cc2ccc(CNc3cc(C#N)cc(-c4ccc[nH]4)c3)cc2)C(CCO)C1. The topological polar surface area (TPSA) is 75.1 Å². The molecule has 1 saturated heterocycles. The Morgan fingerprint density at radius 2 is 1.97 bits per heavy atom. The number of aliphatic hydroxyl groups excluding tert-OH is 1. The lowest BCUT2D eigenvalue weighted by molar-refractivity contribution is 0.0883. The number of rotatable bonds is 8. The normalized spacial score (nSPS) is 18.9. The molecule has 0 bridgehead atoms. The van der Waals surface area contributed by atoms with E-state index in [2.05, 4.69) is 58.5 Å². The molecule has 3 aromatic rings. The van der Waals surface area contributed by atoms with E-state index in [1.807, 2.05) is 30.5 Å². The summed E-state index contributed by atoms with van der Waals surface area (Å²) in [6, 6.07) is 21.3. The summed E-state index contributed by atoms with van der Waals surface area (Å²) in [5, 5.41) is 22.3. The van der Waals surface area contributed by atoms with Gasteiger partial charge in [0.05, 0.1) is 11.6 Å². The largest absolute Gasteiger partial charge is 0.396 e. The monoisotopic (exact) mass is 428 g/mol. The van der Waals surface area contributed by atoms with Crippen molar-refractivity contribution >= 4 is 5.69 Å². The number of piperidine rings is 1. The molecule has 2 heterocycles. The molecular weight excluding hydrogens is 396 g/mol. The maximum absolute atomic E-state index is 9.43. The van der Waals surface area contributed by atoms with Gasteiger partial charge in [-0.25, -0.2) is 0 Å². The van der Waals surface area contributed by atoms with Gasteiger partial charge in [-0.05, 0) is 73.2 Å². The van der Waals surface area contributed by atoms with E-state index in [0.29, 0.717) is 18.2 Å². The molecule has 5 heteroatoms. The number of hydrogen-bond donors (Lipinski definition) is 3. The van der Waals surface area contributed by atoms with Crippen LogP contribution in [0.5, 0.6) is 0 Å². The summed E-state index contributed by atoms with van der Waals surface area (Å²) in [4.78, 5) is 5.73. The molecule has 5 nitrogen and oxygen atoms in total. The van der Waals surface area contributed by atoms with Crippen molar-refractivity contribution in [2.75, 3.05) is 18.5 Å². The minimum atomic E-state index is 0.261. The van der Waals surface area contributed by atoms with Gasteiger partial charge < -0.3 is 15.4 Å². The first-order valence-electron chi connectivity index (χ1n) is 11.5. The van der Waals surface area contributed by atoms with Crippen LogP contribution >= 0.6 is 0 Å². The van der Waals surface area contributed by atoms with Crippen LogP contribution in [0.4, 0.5) is 5.69 Å². The third-order valence-electron chi connectivity index (χ3n) is 6.44. The van der Waals surface area contributed by atoms with Gasteiger partial charge in [0, 0.05) is 48.9 Å². The van der Waals surface area contributed by atoms with E-state index in [1.54, 1.807) is 0 Å². The lowest BCUT2D eigenvalue weighted by atomic mass is 9.90. The standard InChI is InChI=1S/C27H32N4O/c1-20-8-11-31(26(13-20)9-12-32)19-22-6-4-21(5-7-22)18-30-25-15-23(17-28)14-24(16-25)27-3-2-10-29-27/h2-7,10,14-16,20,26,29-30,32H,8-9,11-13,18-19H2,1H3. The third kappa shape index (κ3) is 5.59.